The fourth-order valence-corrected chi connectivity index (χ4v) is 4.18. The molecule has 0 aromatic heterocycles. The molecule has 2 aromatic rings. The van der Waals surface area contributed by atoms with Gasteiger partial charge in [-0.15, -0.1) is 0 Å². The Morgan fingerprint density at radius 3 is 2.57 bits per heavy atom. The number of allylic oxidation sites excluding steroid dienone is 2. The molecule has 0 spiro atoms. The van der Waals surface area contributed by atoms with Crippen LogP contribution in [0.3, 0.4) is 0 Å². The van der Waals surface area contributed by atoms with E-state index in [1.54, 1.807) is 7.05 Å². The summed E-state index contributed by atoms with van der Waals surface area (Å²) in [5, 5.41) is 3.55. The van der Waals surface area contributed by atoms with E-state index in [1.165, 1.54) is 22.3 Å². The van der Waals surface area contributed by atoms with Crippen LogP contribution in [-0.2, 0) is 5.41 Å². The number of rotatable bonds is 6. The van der Waals surface area contributed by atoms with Gasteiger partial charge in [0.25, 0.3) is 0 Å². The topological polar surface area (TPSA) is 36.8 Å². The van der Waals surface area contributed by atoms with Gasteiger partial charge in [-0.25, -0.2) is 0 Å². The summed E-state index contributed by atoms with van der Waals surface area (Å²) in [6.07, 6.45) is 7.52. The lowest BCUT2D eigenvalue weighted by molar-refractivity contribution is 0.660. The molecular formula is C26H32ClN3. The van der Waals surface area contributed by atoms with Crippen LogP contribution in [0.5, 0.6) is 0 Å². The van der Waals surface area contributed by atoms with Crippen LogP contribution in [0.2, 0.25) is 0 Å². The Bertz CT molecular complexity index is 986. The van der Waals surface area contributed by atoms with Crippen molar-refractivity contribution in [2.45, 2.75) is 58.4 Å². The molecule has 0 radical (unpaired) electrons. The van der Waals surface area contributed by atoms with E-state index >= 15 is 0 Å². The number of hydrogen-bond donors (Lipinski definition) is 1. The van der Waals surface area contributed by atoms with Crippen LogP contribution in [0.15, 0.2) is 64.6 Å². The fourth-order valence-electron chi connectivity index (χ4n) is 4.09. The molecule has 1 aliphatic rings. The first-order chi connectivity index (χ1) is 14.4. The van der Waals surface area contributed by atoms with E-state index in [0.29, 0.717) is 5.29 Å². The Balaban J connectivity index is 1.96. The van der Waals surface area contributed by atoms with Gasteiger partial charge in [0.2, 0.25) is 0 Å². The molecule has 158 valence electrons. The molecule has 1 unspecified atom stereocenters. The number of benzene rings is 2. The zero-order chi connectivity index (χ0) is 21.7. The zero-order valence-electron chi connectivity index (χ0n) is 18.7. The molecule has 0 bridgehead atoms. The summed E-state index contributed by atoms with van der Waals surface area (Å²) in [6.45, 7) is 8.87. The Morgan fingerprint density at radius 1 is 1.10 bits per heavy atom. The maximum Gasteiger partial charge on any atom is 0.196 e. The molecule has 0 heterocycles. The second-order valence-corrected chi connectivity index (χ2v) is 8.71. The van der Waals surface area contributed by atoms with E-state index in [4.69, 9.17) is 16.6 Å². The highest BCUT2D eigenvalue weighted by molar-refractivity contribution is 6.66. The van der Waals surface area contributed by atoms with Crippen LogP contribution in [0.4, 0.5) is 0 Å². The minimum absolute atomic E-state index is 0.0494. The van der Waals surface area contributed by atoms with Gasteiger partial charge < -0.3 is 5.32 Å². The zero-order valence-corrected chi connectivity index (χ0v) is 19.4. The summed E-state index contributed by atoms with van der Waals surface area (Å²) in [5.41, 5.74) is 6.29. The number of aliphatic imine (C=N–C) groups is 2. The lowest BCUT2D eigenvalue weighted by Crippen LogP contribution is -2.29. The van der Waals surface area contributed by atoms with Crippen molar-refractivity contribution in [2.75, 3.05) is 7.05 Å². The molecule has 0 saturated carbocycles. The predicted octanol–water partition coefficient (Wildman–Crippen LogP) is 6.69. The summed E-state index contributed by atoms with van der Waals surface area (Å²) in [6, 6.07) is 15.4. The normalized spacial score (nSPS) is 16.5. The van der Waals surface area contributed by atoms with E-state index in [0.717, 1.165) is 30.7 Å². The SMILES string of the molecule is CC/C=C\CCC(C)N=C(NC(Cl)=NC)c1ccc2c(c1)C(C)(C)c1ccccc1-2. The van der Waals surface area contributed by atoms with Gasteiger partial charge in [-0.2, -0.15) is 0 Å². The number of hydrogen-bond acceptors (Lipinski definition) is 2. The summed E-state index contributed by atoms with van der Waals surface area (Å²) < 4.78 is 0. The van der Waals surface area contributed by atoms with Crippen molar-refractivity contribution in [1.82, 2.24) is 5.32 Å². The van der Waals surface area contributed by atoms with Gasteiger partial charge in [-0.1, -0.05) is 69.3 Å². The molecule has 1 atom stereocenters. The molecule has 0 aliphatic heterocycles. The van der Waals surface area contributed by atoms with Crippen LogP contribution in [-0.4, -0.2) is 24.2 Å². The van der Waals surface area contributed by atoms with E-state index in [1.807, 2.05) is 0 Å². The van der Waals surface area contributed by atoms with Crippen molar-refractivity contribution in [2.24, 2.45) is 9.98 Å². The number of halogens is 1. The van der Waals surface area contributed by atoms with Gasteiger partial charge in [0, 0.05) is 24.1 Å². The van der Waals surface area contributed by atoms with Gasteiger partial charge in [0.1, 0.15) is 5.84 Å². The van der Waals surface area contributed by atoms with Gasteiger partial charge in [-0.3, -0.25) is 9.98 Å². The minimum atomic E-state index is -0.0494. The first-order valence-electron chi connectivity index (χ1n) is 10.7. The summed E-state index contributed by atoms with van der Waals surface area (Å²) >= 11 is 6.23. The number of amidine groups is 2. The van der Waals surface area contributed by atoms with Crippen LogP contribution in [0, 0.1) is 0 Å². The molecule has 1 N–H and O–H groups in total. The van der Waals surface area contributed by atoms with Crippen molar-refractivity contribution in [3.8, 4) is 11.1 Å². The highest BCUT2D eigenvalue weighted by atomic mass is 35.5. The Hall–Kier alpha value is -2.39. The second-order valence-electron chi connectivity index (χ2n) is 8.35. The highest BCUT2D eigenvalue weighted by Gasteiger charge is 2.35. The monoisotopic (exact) mass is 421 g/mol. The highest BCUT2D eigenvalue weighted by Crippen LogP contribution is 2.48. The smallest absolute Gasteiger partial charge is 0.196 e. The van der Waals surface area contributed by atoms with Crippen LogP contribution >= 0.6 is 11.6 Å². The van der Waals surface area contributed by atoms with Gasteiger partial charge >= 0.3 is 0 Å². The summed E-state index contributed by atoms with van der Waals surface area (Å²) in [7, 11) is 1.67. The minimum Gasteiger partial charge on any atom is -0.315 e. The maximum atomic E-state index is 6.23. The van der Waals surface area contributed by atoms with E-state index in [9.17, 15) is 0 Å². The van der Waals surface area contributed by atoms with Gasteiger partial charge in [0.15, 0.2) is 5.29 Å². The Kier molecular flexibility index (Phi) is 7.14. The van der Waals surface area contributed by atoms with Crippen molar-refractivity contribution >= 4 is 22.7 Å². The van der Waals surface area contributed by atoms with E-state index in [2.05, 4.69) is 92.6 Å². The van der Waals surface area contributed by atoms with Crippen molar-refractivity contribution in [1.29, 1.82) is 0 Å². The third kappa shape index (κ3) is 4.67. The first-order valence-corrected chi connectivity index (χ1v) is 11.1. The molecule has 3 nitrogen and oxygen atoms in total. The standard InChI is InChI=1S/C26H32ClN3/c1-6-7-8-9-12-18(2)29-24(30-25(27)28-5)19-15-16-21-20-13-10-11-14-22(20)26(3,4)23(21)17-19/h7-8,10-11,13-18H,6,9,12H2,1-5H3,(H,28,29,30)/b8-7-. The molecule has 3 rings (SSSR count). The quantitative estimate of drug-likeness (QED) is 0.240. The predicted molar refractivity (Wildman–Crippen MR) is 131 cm³/mol. The van der Waals surface area contributed by atoms with Crippen molar-refractivity contribution in [3.05, 3.63) is 71.3 Å². The summed E-state index contributed by atoms with van der Waals surface area (Å²) in [4.78, 5) is 9.02. The van der Waals surface area contributed by atoms with Crippen LogP contribution in [0.1, 0.15) is 63.6 Å². The van der Waals surface area contributed by atoms with Crippen molar-refractivity contribution in [3.63, 3.8) is 0 Å². The van der Waals surface area contributed by atoms with E-state index in [-0.39, 0.29) is 11.5 Å². The van der Waals surface area contributed by atoms with Gasteiger partial charge in [0.05, 0.1) is 0 Å². The summed E-state index contributed by atoms with van der Waals surface area (Å²) in [5.74, 6) is 0.770. The lowest BCUT2D eigenvalue weighted by atomic mass is 9.82. The first kappa shape index (κ1) is 22.3. The largest absolute Gasteiger partial charge is 0.315 e. The maximum absolute atomic E-state index is 6.23. The number of nitrogens with one attached hydrogen (secondary N) is 1. The van der Waals surface area contributed by atoms with Gasteiger partial charge in [-0.05, 0) is 66.1 Å². The molecule has 0 saturated heterocycles. The Labute approximate surface area is 186 Å². The van der Waals surface area contributed by atoms with Crippen LogP contribution in [0.25, 0.3) is 11.1 Å². The van der Waals surface area contributed by atoms with Crippen LogP contribution < -0.4 is 5.32 Å². The molecule has 2 aromatic carbocycles. The third-order valence-corrected chi connectivity index (χ3v) is 6.04. The number of fused-ring (bicyclic) bond motifs is 3. The molecule has 0 amide bonds. The third-order valence-electron chi connectivity index (χ3n) is 5.78. The molecular weight excluding hydrogens is 390 g/mol. The number of nitrogens with zero attached hydrogens (tertiary/aromatic N) is 2. The molecule has 4 heteroatoms. The fraction of sp³-hybridized carbons (Fsp3) is 0.385. The molecule has 1 aliphatic carbocycles. The average molecular weight is 422 g/mol. The molecule has 30 heavy (non-hydrogen) atoms. The van der Waals surface area contributed by atoms with E-state index < -0.39 is 0 Å². The molecule has 0 fully saturated rings. The van der Waals surface area contributed by atoms with Crippen molar-refractivity contribution < 1.29 is 0 Å². The second kappa shape index (κ2) is 9.61. The average Bonchev–Trinajstić information content (AvgIpc) is 2.98. The Morgan fingerprint density at radius 2 is 1.83 bits per heavy atom. The lowest BCUT2D eigenvalue weighted by Gasteiger charge is -2.22.